The van der Waals surface area contributed by atoms with Crippen LogP contribution in [0.2, 0.25) is 0 Å². The fourth-order valence-corrected chi connectivity index (χ4v) is 4.11. The Morgan fingerprint density at radius 3 is 2.21 bits per heavy atom. The number of anilines is 2. The van der Waals surface area contributed by atoms with Crippen molar-refractivity contribution in [3.63, 3.8) is 0 Å². The Morgan fingerprint density at radius 1 is 0.970 bits per heavy atom. The first-order valence-corrected chi connectivity index (χ1v) is 11.0. The third-order valence-corrected chi connectivity index (χ3v) is 6.06. The zero-order valence-electron chi connectivity index (χ0n) is 18.2. The van der Waals surface area contributed by atoms with Gasteiger partial charge < -0.3 is 19.4 Å². The maximum absolute atomic E-state index is 12.5. The van der Waals surface area contributed by atoms with Gasteiger partial charge in [-0.15, -0.1) is 0 Å². The molecule has 2 saturated heterocycles. The van der Waals surface area contributed by atoms with Crippen molar-refractivity contribution < 1.29 is 19.2 Å². The van der Waals surface area contributed by atoms with Crippen LogP contribution in [0.1, 0.15) is 12.8 Å². The minimum Gasteiger partial charge on any atom is -0.455 e. The molecule has 11 nitrogen and oxygen atoms in total. The van der Waals surface area contributed by atoms with Gasteiger partial charge in [0.05, 0.1) is 10.8 Å². The van der Waals surface area contributed by atoms with Crippen molar-refractivity contribution in [1.29, 1.82) is 0 Å². The van der Waals surface area contributed by atoms with Crippen molar-refractivity contribution >= 4 is 29.2 Å². The molecule has 174 valence electrons. The number of esters is 1. The number of non-ortho nitro benzene ring substituents is 1. The van der Waals surface area contributed by atoms with Gasteiger partial charge in [0.2, 0.25) is 5.95 Å². The van der Waals surface area contributed by atoms with E-state index in [2.05, 4.69) is 14.9 Å². The average molecular weight is 454 g/mol. The molecule has 0 spiro atoms. The van der Waals surface area contributed by atoms with Gasteiger partial charge in [0.15, 0.2) is 6.61 Å². The number of hydrogen-bond donors (Lipinski definition) is 0. The monoisotopic (exact) mass is 454 g/mol. The maximum Gasteiger partial charge on any atom is 0.309 e. The Kier molecular flexibility index (Phi) is 6.96. The fourth-order valence-electron chi connectivity index (χ4n) is 4.11. The topological polar surface area (TPSA) is 122 Å². The van der Waals surface area contributed by atoms with Crippen LogP contribution in [0.15, 0.2) is 42.7 Å². The van der Waals surface area contributed by atoms with Crippen LogP contribution < -0.4 is 9.80 Å². The predicted octanol–water partition coefficient (Wildman–Crippen LogP) is 1.49. The number of hydrogen-bond acceptors (Lipinski definition) is 9. The lowest BCUT2D eigenvalue weighted by atomic mass is 9.97. The minimum atomic E-state index is -0.428. The van der Waals surface area contributed by atoms with Crippen LogP contribution >= 0.6 is 0 Å². The van der Waals surface area contributed by atoms with Crippen LogP contribution in [0.5, 0.6) is 0 Å². The molecule has 0 aliphatic carbocycles. The van der Waals surface area contributed by atoms with Gasteiger partial charge in [-0.25, -0.2) is 9.97 Å². The second-order valence-electron chi connectivity index (χ2n) is 8.06. The standard InChI is InChI=1S/C22H26N6O5/c29-20(26-14-12-25(13-15-26)18-2-4-19(5-3-18)28(31)32)16-33-21(30)17-6-10-27(11-7-17)22-23-8-1-9-24-22/h1-5,8-9,17H,6-7,10-16H2. The first kappa shape index (κ1) is 22.4. The number of amides is 1. The molecular weight excluding hydrogens is 428 g/mol. The molecule has 0 bridgehead atoms. The number of rotatable bonds is 6. The van der Waals surface area contributed by atoms with Crippen molar-refractivity contribution in [3.8, 4) is 0 Å². The summed E-state index contributed by atoms with van der Waals surface area (Å²) in [5.41, 5.74) is 0.930. The van der Waals surface area contributed by atoms with E-state index in [4.69, 9.17) is 4.74 Å². The summed E-state index contributed by atoms with van der Waals surface area (Å²) in [4.78, 5) is 49.6. The molecule has 2 fully saturated rings. The quantitative estimate of drug-likeness (QED) is 0.363. The highest BCUT2D eigenvalue weighted by atomic mass is 16.6. The van der Waals surface area contributed by atoms with Crippen molar-refractivity contribution in [2.45, 2.75) is 12.8 Å². The van der Waals surface area contributed by atoms with Crippen LogP contribution in [-0.4, -0.2) is 77.5 Å². The number of piperidine rings is 1. The van der Waals surface area contributed by atoms with Gasteiger partial charge in [0.1, 0.15) is 0 Å². The van der Waals surface area contributed by atoms with Crippen LogP contribution in [0, 0.1) is 16.0 Å². The molecule has 3 heterocycles. The summed E-state index contributed by atoms with van der Waals surface area (Å²) in [5.74, 6) is -0.104. The molecule has 0 unspecified atom stereocenters. The highest BCUT2D eigenvalue weighted by Gasteiger charge is 2.29. The van der Waals surface area contributed by atoms with E-state index in [9.17, 15) is 19.7 Å². The molecule has 0 N–H and O–H groups in total. The van der Waals surface area contributed by atoms with Crippen LogP contribution in [-0.2, 0) is 14.3 Å². The molecule has 2 aromatic rings. The van der Waals surface area contributed by atoms with Gasteiger partial charge in [-0.2, -0.15) is 0 Å². The molecule has 4 rings (SSSR count). The van der Waals surface area contributed by atoms with Gasteiger partial charge in [0, 0.05) is 69.5 Å². The Hall–Kier alpha value is -3.76. The first-order chi connectivity index (χ1) is 16.0. The lowest BCUT2D eigenvalue weighted by Gasteiger charge is -2.36. The molecule has 2 aliphatic heterocycles. The molecule has 0 atom stereocenters. The van der Waals surface area contributed by atoms with Crippen LogP contribution in [0.3, 0.4) is 0 Å². The number of aromatic nitrogens is 2. The summed E-state index contributed by atoms with van der Waals surface area (Å²) in [6, 6.07) is 8.15. The summed E-state index contributed by atoms with van der Waals surface area (Å²) < 4.78 is 5.33. The highest BCUT2D eigenvalue weighted by molar-refractivity contribution is 5.81. The van der Waals surface area contributed by atoms with Gasteiger partial charge >= 0.3 is 5.97 Å². The number of nitrogens with zero attached hydrogens (tertiary/aromatic N) is 6. The first-order valence-electron chi connectivity index (χ1n) is 11.0. The van der Waals surface area contributed by atoms with E-state index in [1.54, 1.807) is 35.5 Å². The molecule has 33 heavy (non-hydrogen) atoms. The molecule has 1 amide bonds. The van der Waals surface area contributed by atoms with E-state index < -0.39 is 4.92 Å². The van der Waals surface area contributed by atoms with Crippen LogP contribution in [0.25, 0.3) is 0 Å². The van der Waals surface area contributed by atoms with Crippen molar-refractivity contribution in [2.24, 2.45) is 5.92 Å². The summed E-state index contributed by atoms with van der Waals surface area (Å²) in [5, 5.41) is 10.8. The van der Waals surface area contributed by atoms with E-state index in [0.717, 1.165) is 5.69 Å². The average Bonchev–Trinajstić information content (AvgIpc) is 2.88. The molecule has 11 heteroatoms. The smallest absolute Gasteiger partial charge is 0.309 e. The Bertz CT molecular complexity index is 971. The molecule has 0 saturated carbocycles. The minimum absolute atomic E-state index is 0.0495. The Morgan fingerprint density at radius 2 is 1.61 bits per heavy atom. The number of carbonyl (C=O) groups excluding carboxylic acids is 2. The SMILES string of the molecule is O=C(OCC(=O)N1CCN(c2ccc([N+](=O)[O-])cc2)CC1)C1CCN(c2ncccn2)CC1. The molecule has 1 aromatic carbocycles. The second kappa shape index (κ2) is 10.2. The summed E-state index contributed by atoms with van der Waals surface area (Å²) in [7, 11) is 0. The van der Waals surface area contributed by atoms with E-state index in [1.807, 2.05) is 4.90 Å². The number of benzene rings is 1. The van der Waals surface area contributed by atoms with Crippen molar-refractivity contribution in [1.82, 2.24) is 14.9 Å². The Balaban J connectivity index is 1.18. The zero-order valence-corrected chi connectivity index (χ0v) is 18.2. The summed E-state index contributed by atoms with van der Waals surface area (Å²) >= 11 is 0. The van der Waals surface area contributed by atoms with Crippen molar-refractivity contribution in [2.75, 3.05) is 55.7 Å². The van der Waals surface area contributed by atoms with E-state index >= 15 is 0 Å². The third kappa shape index (κ3) is 5.54. The molecular formula is C22H26N6O5. The van der Waals surface area contributed by atoms with Crippen molar-refractivity contribution in [3.05, 3.63) is 52.8 Å². The normalized spacial score (nSPS) is 17.0. The number of nitro benzene ring substituents is 1. The highest BCUT2D eigenvalue weighted by Crippen LogP contribution is 2.22. The third-order valence-electron chi connectivity index (χ3n) is 6.06. The number of carbonyl (C=O) groups is 2. The summed E-state index contributed by atoms with van der Waals surface area (Å²) in [6.07, 6.45) is 4.67. The maximum atomic E-state index is 12.5. The van der Waals surface area contributed by atoms with E-state index in [1.165, 1.54) is 12.1 Å². The van der Waals surface area contributed by atoms with Gasteiger partial charge in [-0.05, 0) is 31.0 Å². The molecule has 1 aromatic heterocycles. The van der Waals surface area contributed by atoms with Gasteiger partial charge in [-0.3, -0.25) is 19.7 Å². The largest absolute Gasteiger partial charge is 0.455 e. The van der Waals surface area contributed by atoms with E-state index in [0.29, 0.717) is 58.1 Å². The molecule has 2 aliphatic rings. The number of nitro groups is 1. The number of ether oxygens (including phenoxy) is 1. The molecule has 0 radical (unpaired) electrons. The van der Waals surface area contributed by atoms with Gasteiger partial charge in [0.25, 0.3) is 11.6 Å². The predicted molar refractivity (Wildman–Crippen MR) is 120 cm³/mol. The second-order valence-corrected chi connectivity index (χ2v) is 8.06. The lowest BCUT2D eigenvalue weighted by molar-refractivity contribution is -0.384. The van der Waals surface area contributed by atoms with E-state index in [-0.39, 0.29) is 30.1 Å². The van der Waals surface area contributed by atoms with Crippen LogP contribution in [0.4, 0.5) is 17.3 Å². The fraction of sp³-hybridized carbons (Fsp3) is 0.455. The lowest BCUT2D eigenvalue weighted by Crippen LogP contribution is -2.50. The zero-order chi connectivity index (χ0) is 23.2. The Labute approximate surface area is 191 Å². The number of piperazine rings is 1. The summed E-state index contributed by atoms with van der Waals surface area (Å²) in [6.45, 7) is 3.31. The van der Waals surface area contributed by atoms with Gasteiger partial charge in [-0.1, -0.05) is 0 Å².